The molecule has 4 nitrogen and oxygen atoms in total. The number of nitrogens with one attached hydrogen (secondary N) is 2. The van der Waals surface area contributed by atoms with Crippen molar-refractivity contribution in [3.8, 4) is 0 Å². The number of aromatic amines is 1. The van der Waals surface area contributed by atoms with Gasteiger partial charge < -0.3 is 9.72 Å². The lowest BCUT2D eigenvalue weighted by molar-refractivity contribution is -0.146. The van der Waals surface area contributed by atoms with E-state index in [9.17, 15) is 4.79 Å². The van der Waals surface area contributed by atoms with Crippen molar-refractivity contribution in [2.24, 2.45) is 0 Å². The Hall–Kier alpha value is -1.81. The molecule has 0 radical (unpaired) electrons. The van der Waals surface area contributed by atoms with Crippen LogP contribution >= 0.6 is 0 Å². The fraction of sp³-hybridized carbons (Fsp3) is 0.357. The summed E-state index contributed by atoms with van der Waals surface area (Å²) in [6.45, 7) is 3.04. The first-order valence-corrected chi connectivity index (χ1v) is 6.30. The van der Waals surface area contributed by atoms with Crippen LogP contribution in [0.25, 0.3) is 10.9 Å². The topological polar surface area (TPSA) is 54.1 Å². The van der Waals surface area contributed by atoms with Gasteiger partial charge in [0.2, 0.25) is 0 Å². The molecule has 2 N–H and O–H groups in total. The molecule has 94 valence electrons. The number of carbonyl (C=O) groups excluding carboxylic acids is 1. The zero-order valence-electron chi connectivity index (χ0n) is 10.3. The van der Waals surface area contributed by atoms with E-state index < -0.39 is 0 Å². The van der Waals surface area contributed by atoms with Gasteiger partial charge in [0.15, 0.2) is 0 Å². The van der Waals surface area contributed by atoms with Crippen molar-refractivity contribution < 1.29 is 9.53 Å². The number of benzene rings is 1. The monoisotopic (exact) mass is 244 g/mol. The Morgan fingerprint density at radius 3 is 3.11 bits per heavy atom. The van der Waals surface area contributed by atoms with Gasteiger partial charge in [0, 0.05) is 23.1 Å². The first-order chi connectivity index (χ1) is 8.81. The van der Waals surface area contributed by atoms with Crippen LogP contribution in [0.2, 0.25) is 0 Å². The van der Waals surface area contributed by atoms with Gasteiger partial charge >= 0.3 is 5.97 Å². The SMILES string of the molecule is CCOC(=O)[C@H]1NCCc2c1[nH]c1ccccc21. The van der Waals surface area contributed by atoms with Gasteiger partial charge in [-0.05, 0) is 25.0 Å². The Morgan fingerprint density at radius 2 is 2.28 bits per heavy atom. The van der Waals surface area contributed by atoms with Gasteiger partial charge in [-0.25, -0.2) is 4.79 Å². The van der Waals surface area contributed by atoms with Gasteiger partial charge in [-0.3, -0.25) is 5.32 Å². The zero-order chi connectivity index (χ0) is 12.5. The third-order valence-electron chi connectivity index (χ3n) is 3.38. The van der Waals surface area contributed by atoms with E-state index in [2.05, 4.69) is 16.4 Å². The first-order valence-electron chi connectivity index (χ1n) is 6.30. The Balaban J connectivity index is 2.08. The molecule has 4 heteroatoms. The molecule has 0 fully saturated rings. The van der Waals surface area contributed by atoms with E-state index in [4.69, 9.17) is 4.74 Å². The second-order valence-electron chi connectivity index (χ2n) is 4.45. The van der Waals surface area contributed by atoms with Crippen LogP contribution in [0.4, 0.5) is 0 Å². The number of esters is 1. The van der Waals surface area contributed by atoms with Crippen LogP contribution in [-0.2, 0) is 16.0 Å². The maximum atomic E-state index is 11.9. The highest BCUT2D eigenvalue weighted by atomic mass is 16.5. The number of hydrogen-bond acceptors (Lipinski definition) is 3. The number of H-pyrrole nitrogens is 1. The maximum Gasteiger partial charge on any atom is 0.329 e. The lowest BCUT2D eigenvalue weighted by Gasteiger charge is -2.22. The third-order valence-corrected chi connectivity index (χ3v) is 3.38. The van der Waals surface area contributed by atoms with Crippen molar-refractivity contribution in [3.05, 3.63) is 35.5 Å². The van der Waals surface area contributed by atoms with Gasteiger partial charge in [-0.15, -0.1) is 0 Å². The maximum absolute atomic E-state index is 11.9. The summed E-state index contributed by atoms with van der Waals surface area (Å²) in [5, 5.41) is 4.43. The van der Waals surface area contributed by atoms with Crippen LogP contribution in [-0.4, -0.2) is 24.1 Å². The van der Waals surface area contributed by atoms with E-state index in [1.807, 2.05) is 25.1 Å². The van der Waals surface area contributed by atoms with Crippen LogP contribution in [0, 0.1) is 0 Å². The molecular formula is C14H16N2O2. The smallest absolute Gasteiger partial charge is 0.329 e. The molecule has 0 bridgehead atoms. The Labute approximate surface area is 105 Å². The van der Waals surface area contributed by atoms with Crippen molar-refractivity contribution in [1.82, 2.24) is 10.3 Å². The van der Waals surface area contributed by atoms with Gasteiger partial charge in [0.25, 0.3) is 0 Å². The summed E-state index contributed by atoms with van der Waals surface area (Å²) in [4.78, 5) is 15.3. The summed E-state index contributed by atoms with van der Waals surface area (Å²) in [5.74, 6) is -0.204. The average Bonchev–Trinajstić information content (AvgIpc) is 2.77. The molecule has 3 rings (SSSR count). The minimum absolute atomic E-state index is 0.204. The zero-order valence-corrected chi connectivity index (χ0v) is 10.3. The van der Waals surface area contributed by atoms with Crippen molar-refractivity contribution in [2.45, 2.75) is 19.4 Å². The molecule has 0 aliphatic carbocycles. The Kier molecular flexibility index (Phi) is 2.80. The standard InChI is InChI=1S/C14H16N2O2/c1-2-18-14(17)13-12-10(7-8-15-13)9-5-3-4-6-11(9)16-12/h3-6,13,15-16H,2,7-8H2,1H3/t13-/m0/s1. The molecule has 2 heterocycles. The average molecular weight is 244 g/mol. The number of para-hydroxylation sites is 1. The van der Waals surface area contributed by atoms with Crippen molar-refractivity contribution in [2.75, 3.05) is 13.2 Å². The van der Waals surface area contributed by atoms with E-state index in [0.717, 1.165) is 24.2 Å². The Bertz CT molecular complexity index is 588. The minimum atomic E-state index is -0.360. The van der Waals surface area contributed by atoms with Gasteiger partial charge in [0.1, 0.15) is 6.04 Å². The van der Waals surface area contributed by atoms with Crippen LogP contribution in [0.15, 0.2) is 24.3 Å². The van der Waals surface area contributed by atoms with Crippen LogP contribution < -0.4 is 5.32 Å². The van der Waals surface area contributed by atoms with Crippen molar-refractivity contribution >= 4 is 16.9 Å². The van der Waals surface area contributed by atoms with Gasteiger partial charge in [0.05, 0.1) is 6.61 Å². The van der Waals surface area contributed by atoms with E-state index in [1.54, 1.807) is 0 Å². The lowest BCUT2D eigenvalue weighted by Crippen LogP contribution is -2.36. The highest BCUT2D eigenvalue weighted by molar-refractivity contribution is 5.88. The Morgan fingerprint density at radius 1 is 1.44 bits per heavy atom. The highest BCUT2D eigenvalue weighted by Gasteiger charge is 2.29. The van der Waals surface area contributed by atoms with Crippen LogP contribution in [0.1, 0.15) is 24.2 Å². The molecule has 0 saturated heterocycles. The predicted octanol–water partition coefficient (Wildman–Crippen LogP) is 1.92. The summed E-state index contributed by atoms with van der Waals surface area (Å²) in [5.41, 5.74) is 3.28. The number of fused-ring (bicyclic) bond motifs is 3. The quantitative estimate of drug-likeness (QED) is 0.793. The summed E-state index contributed by atoms with van der Waals surface area (Å²) in [6.07, 6.45) is 0.940. The van der Waals surface area contributed by atoms with E-state index in [1.165, 1.54) is 10.9 Å². The molecule has 0 spiro atoms. The molecule has 0 amide bonds. The highest BCUT2D eigenvalue weighted by Crippen LogP contribution is 2.30. The predicted molar refractivity (Wildman–Crippen MR) is 69.4 cm³/mol. The van der Waals surface area contributed by atoms with Crippen LogP contribution in [0.3, 0.4) is 0 Å². The summed E-state index contributed by atoms with van der Waals surface area (Å²) in [6, 6.07) is 7.80. The molecule has 0 unspecified atom stereocenters. The van der Waals surface area contributed by atoms with E-state index >= 15 is 0 Å². The third kappa shape index (κ3) is 1.69. The minimum Gasteiger partial charge on any atom is -0.465 e. The van der Waals surface area contributed by atoms with Crippen LogP contribution in [0.5, 0.6) is 0 Å². The number of ether oxygens (including phenoxy) is 1. The normalized spacial score (nSPS) is 18.6. The molecule has 1 aromatic heterocycles. The molecule has 18 heavy (non-hydrogen) atoms. The first kappa shape index (κ1) is 11.3. The summed E-state index contributed by atoms with van der Waals surface area (Å²) < 4.78 is 5.11. The van der Waals surface area contributed by atoms with E-state index in [-0.39, 0.29) is 12.0 Å². The van der Waals surface area contributed by atoms with Gasteiger partial charge in [-0.1, -0.05) is 18.2 Å². The van der Waals surface area contributed by atoms with Crippen molar-refractivity contribution in [1.29, 1.82) is 0 Å². The van der Waals surface area contributed by atoms with E-state index in [0.29, 0.717) is 6.61 Å². The molecule has 1 aliphatic rings. The van der Waals surface area contributed by atoms with Gasteiger partial charge in [-0.2, -0.15) is 0 Å². The molecule has 1 atom stereocenters. The molecule has 1 aromatic carbocycles. The number of rotatable bonds is 2. The molecule has 1 aliphatic heterocycles. The number of carbonyl (C=O) groups is 1. The number of hydrogen-bond donors (Lipinski definition) is 2. The summed E-state index contributed by atoms with van der Waals surface area (Å²) >= 11 is 0. The fourth-order valence-electron chi connectivity index (χ4n) is 2.61. The summed E-state index contributed by atoms with van der Waals surface area (Å²) in [7, 11) is 0. The molecular weight excluding hydrogens is 228 g/mol. The second-order valence-corrected chi connectivity index (χ2v) is 4.45. The lowest BCUT2D eigenvalue weighted by atomic mass is 9.99. The largest absolute Gasteiger partial charge is 0.465 e. The second kappa shape index (κ2) is 4.46. The molecule has 2 aromatic rings. The van der Waals surface area contributed by atoms with Crippen molar-refractivity contribution in [3.63, 3.8) is 0 Å². The number of aromatic nitrogens is 1. The fourth-order valence-corrected chi connectivity index (χ4v) is 2.61. The molecule has 0 saturated carbocycles.